The monoisotopic (exact) mass is 716 g/mol. The summed E-state index contributed by atoms with van der Waals surface area (Å²) in [5.74, 6) is -6.50. The second kappa shape index (κ2) is 11.6. The molecular formula is C37H48O14. The molecule has 1 spiro atoms. The summed E-state index contributed by atoms with van der Waals surface area (Å²) in [7, 11) is 0. The molecule has 51 heavy (non-hydrogen) atoms. The van der Waals surface area contributed by atoms with Crippen LogP contribution in [-0.4, -0.2) is 95.0 Å². The third-order valence-electron chi connectivity index (χ3n) is 14.1. The molecule has 0 aromatic carbocycles. The summed E-state index contributed by atoms with van der Waals surface area (Å²) in [5, 5.41) is 25.3. The summed E-state index contributed by atoms with van der Waals surface area (Å²) in [4.78, 5) is 67.1. The van der Waals surface area contributed by atoms with E-state index in [1.807, 2.05) is 13.8 Å². The number of hydrogen-bond acceptors (Lipinski definition) is 14. The standard InChI is InChI=1S/C37H48O14/c1-9-16(2)31(44)50-32-33(6)22-13-23(41)35(8)27(36(22,15-46-32)28(43)26(47-17(3)38)30(33)49-19(5)40)25(42)29(48-18(4)39)34(7)21(20-10-11-45-14-20)12-24-37(34,35)51-24/h10-11,14,16,21-24,26-30,32,41,43H,9,12-13,15H2,1-8H3/t16?,21-,22-,23+,24+,26+,27-,28-,29-,30+,32?,33+,34+,35+,36-,37+/m0/s1. The van der Waals surface area contributed by atoms with Crippen molar-refractivity contribution in [1.29, 1.82) is 0 Å². The van der Waals surface area contributed by atoms with Crippen LogP contribution in [0.25, 0.3) is 0 Å². The average molecular weight is 717 g/mol. The minimum atomic E-state index is -1.70. The Morgan fingerprint density at radius 1 is 0.961 bits per heavy atom. The van der Waals surface area contributed by atoms with Gasteiger partial charge in [-0.3, -0.25) is 24.0 Å². The van der Waals surface area contributed by atoms with Crippen molar-refractivity contribution >= 4 is 29.7 Å². The first-order valence-corrected chi connectivity index (χ1v) is 17.8. The van der Waals surface area contributed by atoms with E-state index in [0.717, 1.165) is 19.4 Å². The molecule has 2 aliphatic heterocycles. The summed E-state index contributed by atoms with van der Waals surface area (Å²) in [5.41, 5.74) is -6.23. The van der Waals surface area contributed by atoms with E-state index in [1.54, 1.807) is 33.1 Å². The van der Waals surface area contributed by atoms with Gasteiger partial charge in [-0.1, -0.05) is 27.7 Å². The van der Waals surface area contributed by atoms with Crippen molar-refractivity contribution in [1.82, 2.24) is 0 Å². The maximum Gasteiger partial charge on any atom is 0.310 e. The van der Waals surface area contributed by atoms with Gasteiger partial charge in [0.2, 0.25) is 6.29 Å². The zero-order chi connectivity index (χ0) is 37.2. The SMILES string of the molecule is CCC(C)C(=O)OC1OC[C@@]23[C@H]4C(=O)[C@H](OC(C)=O)[C@@]5(C)[C@H](c6ccoc6)C[C@H]6O[C@]65[C@]4(C)[C@H](O)C[C@H]2[C@]1(C)[C@H](OC(C)=O)[C@H](OC(C)=O)[C@@H]3O. The summed E-state index contributed by atoms with van der Waals surface area (Å²) < 4.78 is 42.2. The van der Waals surface area contributed by atoms with E-state index in [9.17, 15) is 29.4 Å². The van der Waals surface area contributed by atoms with Crippen molar-refractivity contribution in [3.05, 3.63) is 24.2 Å². The first kappa shape index (κ1) is 36.0. The number of fused-ring (bicyclic) bond motifs is 1. The first-order valence-electron chi connectivity index (χ1n) is 17.8. The lowest BCUT2D eigenvalue weighted by Gasteiger charge is -2.73. The van der Waals surface area contributed by atoms with Gasteiger partial charge in [0.1, 0.15) is 11.7 Å². The van der Waals surface area contributed by atoms with Crippen LogP contribution in [0.2, 0.25) is 0 Å². The highest BCUT2D eigenvalue weighted by molar-refractivity contribution is 5.93. The number of ether oxygens (including phenoxy) is 6. The minimum absolute atomic E-state index is 0.0539. The molecule has 6 aliphatic rings. The van der Waals surface area contributed by atoms with Crippen LogP contribution in [0.5, 0.6) is 0 Å². The average Bonchev–Trinajstić information content (AvgIpc) is 3.42. The van der Waals surface area contributed by atoms with Crippen molar-refractivity contribution in [3.8, 4) is 0 Å². The molecule has 14 heteroatoms. The number of aliphatic hydroxyl groups is 2. The fraction of sp³-hybridized carbons (Fsp3) is 0.757. The predicted molar refractivity (Wildman–Crippen MR) is 171 cm³/mol. The van der Waals surface area contributed by atoms with E-state index >= 15 is 4.79 Å². The number of epoxide rings is 1. The minimum Gasteiger partial charge on any atom is -0.472 e. The third kappa shape index (κ3) is 4.33. The maximum absolute atomic E-state index is 15.5. The summed E-state index contributed by atoms with van der Waals surface area (Å²) >= 11 is 0. The van der Waals surface area contributed by atoms with Gasteiger partial charge in [-0.25, -0.2) is 0 Å². The lowest BCUT2D eigenvalue weighted by atomic mass is 9.33. The van der Waals surface area contributed by atoms with Crippen LogP contribution in [0, 0.1) is 39.4 Å². The number of furan rings is 1. The van der Waals surface area contributed by atoms with Crippen LogP contribution in [0.4, 0.5) is 0 Å². The normalized spacial score (nSPS) is 48.2. The molecule has 3 heterocycles. The highest BCUT2D eigenvalue weighted by Gasteiger charge is 2.93. The Balaban J connectivity index is 1.45. The molecule has 4 saturated carbocycles. The van der Waals surface area contributed by atoms with E-state index in [2.05, 4.69) is 0 Å². The molecule has 1 aromatic heterocycles. The lowest BCUT2D eigenvalue weighted by Crippen LogP contribution is -2.84. The number of esters is 4. The van der Waals surface area contributed by atoms with Crippen molar-refractivity contribution in [2.75, 3.05) is 6.61 Å². The van der Waals surface area contributed by atoms with Crippen molar-refractivity contribution in [3.63, 3.8) is 0 Å². The van der Waals surface area contributed by atoms with E-state index in [1.165, 1.54) is 13.2 Å². The van der Waals surface area contributed by atoms with Crippen LogP contribution >= 0.6 is 0 Å². The van der Waals surface area contributed by atoms with E-state index in [0.29, 0.717) is 12.8 Å². The van der Waals surface area contributed by atoms with E-state index < -0.39 is 118 Å². The second-order valence-corrected chi connectivity index (χ2v) is 16.3. The number of carbonyl (C=O) groups is 5. The summed E-state index contributed by atoms with van der Waals surface area (Å²) in [6, 6.07) is 1.80. The molecule has 0 radical (unpaired) electrons. The Kier molecular flexibility index (Phi) is 8.19. The molecule has 2 N–H and O–H groups in total. The van der Waals surface area contributed by atoms with Gasteiger partial charge in [0.15, 0.2) is 24.1 Å². The number of Topliss-reactive ketones (excluding diaryl/α,β-unsaturated/α-hetero) is 1. The number of hydrogen-bond donors (Lipinski definition) is 2. The zero-order valence-corrected chi connectivity index (χ0v) is 30.2. The first-order chi connectivity index (χ1) is 23.9. The molecule has 4 aliphatic carbocycles. The smallest absolute Gasteiger partial charge is 0.310 e. The molecule has 7 rings (SSSR count). The van der Waals surface area contributed by atoms with Crippen LogP contribution in [0.1, 0.15) is 86.1 Å². The quantitative estimate of drug-likeness (QED) is 0.237. The number of rotatable bonds is 7. The van der Waals surface area contributed by atoms with Gasteiger partial charge in [-0.15, -0.1) is 0 Å². The highest BCUT2D eigenvalue weighted by atomic mass is 16.7. The highest BCUT2D eigenvalue weighted by Crippen LogP contribution is 2.83. The third-order valence-corrected chi connectivity index (χ3v) is 14.1. The molecule has 2 unspecified atom stereocenters. The van der Waals surface area contributed by atoms with Crippen LogP contribution in [0.3, 0.4) is 0 Å². The van der Waals surface area contributed by atoms with Gasteiger partial charge in [-0.2, -0.15) is 0 Å². The predicted octanol–water partition coefficient (Wildman–Crippen LogP) is 2.60. The lowest BCUT2D eigenvalue weighted by molar-refractivity contribution is -0.391. The van der Waals surface area contributed by atoms with Gasteiger partial charge in [-0.05, 0) is 43.7 Å². The fourth-order valence-electron chi connectivity index (χ4n) is 11.9. The molecular weight excluding hydrogens is 668 g/mol. The second-order valence-electron chi connectivity index (χ2n) is 16.3. The molecule has 1 aromatic rings. The fourth-order valence-corrected chi connectivity index (χ4v) is 11.9. The van der Waals surface area contributed by atoms with Crippen LogP contribution in [0.15, 0.2) is 23.0 Å². The van der Waals surface area contributed by atoms with E-state index in [4.69, 9.17) is 32.8 Å². The number of carbonyl (C=O) groups excluding carboxylic acids is 5. The molecule has 280 valence electrons. The van der Waals surface area contributed by atoms with Gasteiger partial charge in [0, 0.05) is 43.4 Å². The van der Waals surface area contributed by atoms with Crippen LogP contribution in [-0.2, 0) is 52.4 Å². The number of ketones is 1. The maximum atomic E-state index is 15.5. The van der Waals surface area contributed by atoms with Crippen molar-refractivity contribution in [2.24, 2.45) is 39.4 Å². The van der Waals surface area contributed by atoms with E-state index in [-0.39, 0.29) is 18.9 Å². The molecule has 0 amide bonds. The molecule has 16 atom stereocenters. The Hall–Kier alpha value is -3.33. The van der Waals surface area contributed by atoms with Gasteiger partial charge in [0.25, 0.3) is 0 Å². The molecule has 2 saturated heterocycles. The Morgan fingerprint density at radius 3 is 2.22 bits per heavy atom. The summed E-state index contributed by atoms with van der Waals surface area (Å²) in [6.45, 7) is 11.9. The molecule has 2 bridgehead atoms. The van der Waals surface area contributed by atoms with Gasteiger partial charge < -0.3 is 43.1 Å². The van der Waals surface area contributed by atoms with Crippen molar-refractivity contribution < 1.29 is 67.0 Å². The molecule has 14 nitrogen and oxygen atoms in total. The largest absolute Gasteiger partial charge is 0.472 e. The Morgan fingerprint density at radius 2 is 1.63 bits per heavy atom. The van der Waals surface area contributed by atoms with Crippen molar-refractivity contribution in [2.45, 2.75) is 129 Å². The summed E-state index contributed by atoms with van der Waals surface area (Å²) in [6.07, 6.45) is -5.17. The Labute approximate surface area is 295 Å². The van der Waals surface area contributed by atoms with Gasteiger partial charge >= 0.3 is 23.9 Å². The topological polar surface area (TPSA) is 198 Å². The van der Waals surface area contributed by atoms with Crippen LogP contribution < -0.4 is 0 Å². The zero-order valence-electron chi connectivity index (χ0n) is 30.2. The number of aliphatic hydroxyl groups excluding tert-OH is 2. The molecule has 6 fully saturated rings. The Bertz CT molecular complexity index is 1640. The van der Waals surface area contributed by atoms with Gasteiger partial charge in [0.05, 0.1) is 48.1 Å².